The molecule has 0 saturated carbocycles. The lowest BCUT2D eigenvalue weighted by Crippen LogP contribution is -2.23. The molecule has 3 rings (SSSR count). The van der Waals surface area contributed by atoms with Gasteiger partial charge in [-0.05, 0) is 24.1 Å². The fraction of sp³-hybridized carbons (Fsp3) is 0.389. The number of nitrogens with one attached hydrogen (secondary N) is 1. The molecule has 0 saturated heterocycles. The molecule has 0 bridgehead atoms. The van der Waals surface area contributed by atoms with Crippen LogP contribution >= 0.6 is 11.6 Å². The Bertz CT molecular complexity index is 835. The lowest BCUT2D eigenvalue weighted by Gasteiger charge is -2.16. The maximum atomic E-state index is 12.7. The zero-order valence-electron chi connectivity index (χ0n) is 14.7. The Morgan fingerprint density at radius 2 is 2.22 bits per heavy atom. The van der Waals surface area contributed by atoms with Crippen molar-refractivity contribution in [2.24, 2.45) is 0 Å². The second-order valence-corrected chi connectivity index (χ2v) is 6.51. The summed E-state index contributed by atoms with van der Waals surface area (Å²) in [7, 11) is 0. The van der Waals surface area contributed by atoms with Crippen molar-refractivity contribution in [2.45, 2.75) is 32.9 Å². The van der Waals surface area contributed by atoms with Crippen LogP contribution in [0, 0.1) is 0 Å². The minimum atomic E-state index is -2.60. The van der Waals surface area contributed by atoms with Crippen molar-refractivity contribution in [3.8, 4) is 5.88 Å². The lowest BCUT2D eigenvalue weighted by molar-refractivity contribution is 0.0763. The van der Waals surface area contributed by atoms with E-state index in [9.17, 15) is 13.6 Å². The van der Waals surface area contributed by atoms with Crippen LogP contribution in [0.2, 0.25) is 5.02 Å². The van der Waals surface area contributed by atoms with E-state index in [1.165, 1.54) is 6.20 Å². The van der Waals surface area contributed by atoms with Crippen LogP contribution in [0.1, 0.15) is 34.8 Å². The number of hydrogen-bond acceptors (Lipinski definition) is 5. The monoisotopic (exact) mass is 396 g/mol. The molecular weight excluding hydrogens is 378 g/mol. The third-order valence-electron chi connectivity index (χ3n) is 4.05. The summed E-state index contributed by atoms with van der Waals surface area (Å²) in [5, 5.41) is 3.37. The number of nitrogens with zero attached hydrogens (tertiary/aromatic N) is 3. The van der Waals surface area contributed by atoms with Crippen molar-refractivity contribution in [3.05, 3.63) is 46.2 Å². The van der Waals surface area contributed by atoms with E-state index in [0.29, 0.717) is 24.2 Å². The molecule has 9 heteroatoms. The molecule has 27 heavy (non-hydrogen) atoms. The topological polar surface area (TPSA) is 67.3 Å². The molecule has 0 spiro atoms. The Balaban J connectivity index is 1.71. The van der Waals surface area contributed by atoms with Crippen LogP contribution in [0.3, 0.4) is 0 Å². The number of amides is 1. The van der Waals surface area contributed by atoms with Crippen LogP contribution in [0.15, 0.2) is 24.5 Å². The number of fused-ring (bicyclic) bond motifs is 1. The SMILES string of the molecule is CCCNc1nccc2c1CN(Cc1cnc(OCC(F)F)c(Cl)c1)C2=O. The predicted molar refractivity (Wildman–Crippen MR) is 97.3 cm³/mol. The Kier molecular flexibility index (Phi) is 6.05. The third kappa shape index (κ3) is 4.44. The molecule has 0 fully saturated rings. The van der Waals surface area contributed by atoms with E-state index >= 15 is 0 Å². The van der Waals surface area contributed by atoms with Gasteiger partial charge in [-0.2, -0.15) is 0 Å². The molecule has 3 heterocycles. The van der Waals surface area contributed by atoms with Gasteiger partial charge in [0.1, 0.15) is 10.8 Å². The van der Waals surface area contributed by atoms with E-state index < -0.39 is 13.0 Å². The van der Waals surface area contributed by atoms with E-state index in [1.54, 1.807) is 23.2 Å². The fourth-order valence-electron chi connectivity index (χ4n) is 2.83. The quantitative estimate of drug-likeness (QED) is 0.736. The van der Waals surface area contributed by atoms with E-state index in [-0.39, 0.29) is 16.8 Å². The fourth-order valence-corrected chi connectivity index (χ4v) is 3.07. The first kappa shape index (κ1) is 19.3. The molecule has 1 aliphatic rings. The summed E-state index contributed by atoms with van der Waals surface area (Å²) in [6.45, 7) is 2.78. The van der Waals surface area contributed by atoms with Crippen LogP contribution in [0.25, 0.3) is 0 Å². The average Bonchev–Trinajstić information content (AvgIpc) is 2.95. The highest BCUT2D eigenvalue weighted by molar-refractivity contribution is 6.31. The molecule has 0 aromatic carbocycles. The van der Waals surface area contributed by atoms with Gasteiger partial charge in [-0.25, -0.2) is 18.7 Å². The Morgan fingerprint density at radius 1 is 1.41 bits per heavy atom. The number of halogens is 3. The second-order valence-electron chi connectivity index (χ2n) is 6.11. The molecule has 0 unspecified atom stereocenters. The van der Waals surface area contributed by atoms with Crippen molar-refractivity contribution in [1.82, 2.24) is 14.9 Å². The van der Waals surface area contributed by atoms with Crippen molar-refractivity contribution in [3.63, 3.8) is 0 Å². The number of anilines is 1. The Labute approximate surface area is 160 Å². The Hall–Kier alpha value is -2.48. The van der Waals surface area contributed by atoms with Gasteiger partial charge in [-0.1, -0.05) is 18.5 Å². The van der Waals surface area contributed by atoms with Gasteiger partial charge < -0.3 is 15.0 Å². The molecule has 1 amide bonds. The van der Waals surface area contributed by atoms with Gasteiger partial charge in [-0.15, -0.1) is 0 Å². The normalized spacial score (nSPS) is 13.2. The van der Waals surface area contributed by atoms with Gasteiger partial charge in [0.05, 0.1) is 6.54 Å². The highest BCUT2D eigenvalue weighted by Crippen LogP contribution is 2.30. The summed E-state index contributed by atoms with van der Waals surface area (Å²) in [5.41, 5.74) is 2.17. The minimum Gasteiger partial charge on any atom is -0.471 e. The molecule has 144 valence electrons. The first-order valence-electron chi connectivity index (χ1n) is 8.56. The lowest BCUT2D eigenvalue weighted by atomic mass is 10.1. The van der Waals surface area contributed by atoms with E-state index in [2.05, 4.69) is 22.2 Å². The largest absolute Gasteiger partial charge is 0.471 e. The van der Waals surface area contributed by atoms with E-state index in [0.717, 1.165) is 24.3 Å². The standard InChI is InChI=1S/C18H19ClF2N4O2/c1-2-4-22-16-13-9-25(18(26)12(13)3-5-23-16)8-11-6-14(19)17(24-7-11)27-10-15(20)21/h3,5-7,15H,2,4,8-10H2,1H3,(H,22,23). The molecule has 0 radical (unpaired) electrons. The number of carbonyl (C=O) groups is 1. The number of ether oxygens (including phenoxy) is 1. The van der Waals surface area contributed by atoms with Crippen LogP contribution < -0.4 is 10.1 Å². The van der Waals surface area contributed by atoms with Gasteiger partial charge in [0.2, 0.25) is 5.88 Å². The molecular formula is C18H19ClF2N4O2. The number of hydrogen-bond donors (Lipinski definition) is 1. The molecule has 6 nitrogen and oxygen atoms in total. The maximum absolute atomic E-state index is 12.7. The van der Waals surface area contributed by atoms with Crippen molar-refractivity contribution >= 4 is 23.3 Å². The highest BCUT2D eigenvalue weighted by atomic mass is 35.5. The summed E-state index contributed by atoms with van der Waals surface area (Å²) < 4.78 is 29.3. The zero-order valence-corrected chi connectivity index (χ0v) is 15.5. The summed E-state index contributed by atoms with van der Waals surface area (Å²) in [4.78, 5) is 22.6. The van der Waals surface area contributed by atoms with Gasteiger partial charge >= 0.3 is 0 Å². The first-order valence-corrected chi connectivity index (χ1v) is 8.93. The predicted octanol–water partition coefficient (Wildman–Crippen LogP) is 3.75. The van der Waals surface area contributed by atoms with Crippen molar-refractivity contribution < 1.29 is 18.3 Å². The summed E-state index contributed by atoms with van der Waals surface area (Å²) in [5.74, 6) is 0.574. The number of pyridine rings is 2. The van der Waals surface area contributed by atoms with Gasteiger partial charge in [0.15, 0.2) is 6.61 Å². The average molecular weight is 397 g/mol. The summed E-state index contributed by atoms with van der Waals surface area (Å²) >= 11 is 6.05. The third-order valence-corrected chi connectivity index (χ3v) is 4.32. The number of carbonyl (C=O) groups excluding carboxylic acids is 1. The molecule has 2 aromatic heterocycles. The van der Waals surface area contributed by atoms with Crippen LogP contribution in [0.5, 0.6) is 5.88 Å². The first-order chi connectivity index (χ1) is 13.0. The molecule has 0 atom stereocenters. The van der Waals surface area contributed by atoms with Gasteiger partial charge in [0, 0.05) is 36.6 Å². The molecule has 2 aromatic rings. The number of rotatable bonds is 8. The molecule has 1 aliphatic heterocycles. The smallest absolute Gasteiger partial charge is 0.272 e. The second kappa shape index (κ2) is 8.47. The van der Waals surface area contributed by atoms with Gasteiger partial charge in [0.25, 0.3) is 12.3 Å². The maximum Gasteiger partial charge on any atom is 0.272 e. The summed E-state index contributed by atoms with van der Waals surface area (Å²) in [6, 6.07) is 3.28. The number of aromatic nitrogens is 2. The highest BCUT2D eigenvalue weighted by Gasteiger charge is 2.30. The molecule has 0 aliphatic carbocycles. The van der Waals surface area contributed by atoms with Crippen LogP contribution in [-0.4, -0.2) is 40.4 Å². The van der Waals surface area contributed by atoms with Crippen LogP contribution in [-0.2, 0) is 13.1 Å². The number of alkyl halides is 2. The van der Waals surface area contributed by atoms with Gasteiger partial charge in [-0.3, -0.25) is 4.79 Å². The van der Waals surface area contributed by atoms with Crippen LogP contribution in [0.4, 0.5) is 14.6 Å². The van der Waals surface area contributed by atoms with E-state index in [1.807, 2.05) is 0 Å². The Morgan fingerprint density at radius 3 is 2.93 bits per heavy atom. The van der Waals surface area contributed by atoms with E-state index in [4.69, 9.17) is 16.3 Å². The molecule has 1 N–H and O–H groups in total. The van der Waals surface area contributed by atoms with Crippen molar-refractivity contribution in [2.75, 3.05) is 18.5 Å². The van der Waals surface area contributed by atoms with Crippen molar-refractivity contribution in [1.29, 1.82) is 0 Å². The summed E-state index contributed by atoms with van der Waals surface area (Å²) in [6.07, 6.45) is 1.43. The zero-order chi connectivity index (χ0) is 19.4. The minimum absolute atomic E-state index is 0.0491.